The van der Waals surface area contributed by atoms with Gasteiger partial charge >= 0.3 is 0 Å². The highest BCUT2D eigenvalue weighted by molar-refractivity contribution is 3.57. The largest absolute Gasteiger partial charge is 0.388 e. The molecule has 0 heterocycles. The van der Waals surface area contributed by atoms with Crippen molar-refractivity contribution in [1.29, 1.82) is 0 Å². The van der Waals surface area contributed by atoms with Crippen molar-refractivity contribution in [2.75, 3.05) is 71.1 Å². The molecule has 15 heavy (non-hydrogen) atoms. The minimum Gasteiger partial charge on any atom is -0.388 e. The minimum atomic E-state index is 1.62. The van der Waals surface area contributed by atoms with Gasteiger partial charge in [0.1, 0.15) is 0 Å². The lowest BCUT2D eigenvalue weighted by atomic mass is 11.6. The van der Waals surface area contributed by atoms with E-state index >= 15 is 0 Å². The van der Waals surface area contributed by atoms with Crippen molar-refractivity contribution in [2.45, 2.75) is 0 Å². The summed E-state index contributed by atoms with van der Waals surface area (Å²) in [7, 11) is 16.2. The lowest BCUT2D eigenvalue weighted by molar-refractivity contribution is 0.277. The van der Waals surface area contributed by atoms with Gasteiger partial charge in [0.25, 0.3) is 0 Å². The number of hydrogen-bond acceptors (Lipinski definition) is 5. The van der Waals surface area contributed by atoms with Crippen LogP contribution in [0.25, 0.3) is 0 Å². The number of methoxy groups -OCH3 is 5. The molecule has 0 atom stereocenters. The summed E-state index contributed by atoms with van der Waals surface area (Å²) < 4.78 is 21.2. The zero-order chi connectivity index (χ0) is 13.5. The minimum absolute atomic E-state index is 1.62. The fraction of sp³-hybridized carbons (Fsp3) is 1.00. The van der Waals surface area contributed by atoms with Crippen LogP contribution < -0.4 is 0 Å². The maximum absolute atomic E-state index is 4.25. The summed E-state index contributed by atoms with van der Waals surface area (Å²) in [5, 5.41) is 0. The lowest BCUT2D eigenvalue weighted by Crippen LogP contribution is -1.55. The Morgan fingerprint density at radius 3 is 0.267 bits per heavy atom. The molecule has 0 aromatic carbocycles. The molecule has 0 amide bonds. The highest BCUT2D eigenvalue weighted by Gasteiger charge is 1.27. The SMILES string of the molecule is COC.COC.COC.COC.COC. The highest BCUT2D eigenvalue weighted by Crippen LogP contribution is 1.29. The number of hydrogen-bond donors (Lipinski definition) is 0. The van der Waals surface area contributed by atoms with Gasteiger partial charge in [-0.05, 0) is 0 Å². The third-order valence-corrected chi connectivity index (χ3v) is 0. The normalized spacial score (nSPS) is 6.00. The van der Waals surface area contributed by atoms with Crippen LogP contribution in [0.4, 0.5) is 0 Å². The van der Waals surface area contributed by atoms with Crippen LogP contribution in [-0.4, -0.2) is 71.1 Å². The standard InChI is InChI=1S/5C2H6O/c5*1-3-2/h5*1-2H3. The topological polar surface area (TPSA) is 46.2 Å². The van der Waals surface area contributed by atoms with Crippen molar-refractivity contribution in [2.24, 2.45) is 0 Å². The molecule has 0 rings (SSSR count). The van der Waals surface area contributed by atoms with Gasteiger partial charge in [-0.3, -0.25) is 0 Å². The average Bonchev–Trinajstić information content (AvgIpc) is 2.09. The van der Waals surface area contributed by atoms with E-state index in [-0.39, 0.29) is 0 Å². The van der Waals surface area contributed by atoms with Crippen molar-refractivity contribution >= 4 is 0 Å². The van der Waals surface area contributed by atoms with Gasteiger partial charge in [-0.15, -0.1) is 0 Å². The molecule has 0 aliphatic rings. The van der Waals surface area contributed by atoms with E-state index in [9.17, 15) is 0 Å². The Morgan fingerprint density at radius 2 is 0.267 bits per heavy atom. The van der Waals surface area contributed by atoms with E-state index in [1.165, 1.54) is 0 Å². The Balaban J connectivity index is -0.0000000278. The zero-order valence-electron chi connectivity index (χ0n) is 12.0. The van der Waals surface area contributed by atoms with Crippen molar-refractivity contribution in [1.82, 2.24) is 0 Å². The third-order valence-electron chi connectivity index (χ3n) is 0. The fourth-order valence-electron chi connectivity index (χ4n) is 0. The molecule has 0 saturated heterocycles. The van der Waals surface area contributed by atoms with Crippen molar-refractivity contribution in [3.63, 3.8) is 0 Å². The third kappa shape index (κ3) is 48000. The first-order chi connectivity index (χ1) is 7.07. The van der Waals surface area contributed by atoms with Crippen LogP contribution in [-0.2, 0) is 23.7 Å². The van der Waals surface area contributed by atoms with Gasteiger partial charge in [-0.1, -0.05) is 0 Å². The van der Waals surface area contributed by atoms with Crippen LogP contribution in [0.1, 0.15) is 0 Å². The van der Waals surface area contributed by atoms with E-state index in [4.69, 9.17) is 0 Å². The van der Waals surface area contributed by atoms with Gasteiger partial charge in [-0.2, -0.15) is 0 Å². The van der Waals surface area contributed by atoms with Crippen molar-refractivity contribution in [3.05, 3.63) is 0 Å². The molecule has 5 heteroatoms. The highest BCUT2D eigenvalue weighted by atomic mass is 16.5. The van der Waals surface area contributed by atoms with Gasteiger partial charge in [0, 0.05) is 71.1 Å². The monoisotopic (exact) mass is 230 g/mol. The molecule has 0 fully saturated rings. The van der Waals surface area contributed by atoms with E-state index in [2.05, 4.69) is 23.7 Å². The molecular weight excluding hydrogens is 200 g/mol. The first-order valence-corrected chi connectivity index (χ1v) is 4.08. The predicted octanol–water partition coefficient (Wildman–Crippen LogP) is 1.31. The predicted molar refractivity (Wildman–Crippen MR) is 64.7 cm³/mol. The molecule has 0 bridgehead atoms. The maximum Gasteiger partial charge on any atom is 0.0351 e. The van der Waals surface area contributed by atoms with E-state index < -0.39 is 0 Å². The van der Waals surface area contributed by atoms with E-state index in [0.717, 1.165) is 0 Å². The van der Waals surface area contributed by atoms with Gasteiger partial charge in [-0.25, -0.2) is 0 Å². The summed E-state index contributed by atoms with van der Waals surface area (Å²) in [5.74, 6) is 0. The second kappa shape index (κ2) is 98.1. The van der Waals surface area contributed by atoms with Crippen LogP contribution in [0, 0.1) is 0 Å². The van der Waals surface area contributed by atoms with Crippen molar-refractivity contribution in [3.8, 4) is 0 Å². The molecule has 0 spiro atoms. The van der Waals surface area contributed by atoms with Crippen LogP contribution in [0.5, 0.6) is 0 Å². The average molecular weight is 230 g/mol. The van der Waals surface area contributed by atoms with Crippen molar-refractivity contribution < 1.29 is 23.7 Å². The summed E-state index contributed by atoms with van der Waals surface area (Å²) in [4.78, 5) is 0. The summed E-state index contributed by atoms with van der Waals surface area (Å²) in [6.07, 6.45) is 0. The molecule has 0 N–H and O–H groups in total. The molecule has 0 aromatic rings. The first-order valence-electron chi connectivity index (χ1n) is 4.08. The van der Waals surface area contributed by atoms with Gasteiger partial charge in [0.05, 0.1) is 0 Å². The molecule has 0 unspecified atom stereocenters. The molecule has 0 aliphatic carbocycles. The maximum atomic E-state index is 4.25. The molecular formula is C10H30O5. The Kier molecular flexibility index (Phi) is 192. The number of rotatable bonds is 0. The van der Waals surface area contributed by atoms with Gasteiger partial charge < -0.3 is 23.7 Å². The molecule has 0 radical (unpaired) electrons. The Morgan fingerprint density at radius 1 is 0.267 bits per heavy atom. The van der Waals surface area contributed by atoms with Gasteiger partial charge in [0.15, 0.2) is 0 Å². The summed E-state index contributed by atoms with van der Waals surface area (Å²) in [6.45, 7) is 0. The van der Waals surface area contributed by atoms with Crippen LogP contribution in [0.3, 0.4) is 0 Å². The Labute approximate surface area is 95.6 Å². The second-order valence-corrected chi connectivity index (χ2v) is 2.04. The molecule has 5 nitrogen and oxygen atoms in total. The fourth-order valence-corrected chi connectivity index (χ4v) is 0. The van der Waals surface area contributed by atoms with Crippen LogP contribution in [0.2, 0.25) is 0 Å². The molecule has 100 valence electrons. The Hall–Kier alpha value is -0.200. The molecule has 0 aliphatic heterocycles. The smallest absolute Gasteiger partial charge is 0.0351 e. The quantitative estimate of drug-likeness (QED) is 0.628. The van der Waals surface area contributed by atoms with E-state index in [0.29, 0.717) is 0 Å². The van der Waals surface area contributed by atoms with E-state index in [1.54, 1.807) is 71.1 Å². The lowest BCUT2D eigenvalue weighted by Gasteiger charge is -1.61. The van der Waals surface area contributed by atoms with Crippen LogP contribution >= 0.6 is 0 Å². The summed E-state index contributed by atoms with van der Waals surface area (Å²) in [6, 6.07) is 0. The zero-order valence-corrected chi connectivity index (χ0v) is 12.0. The molecule has 0 aromatic heterocycles. The second-order valence-electron chi connectivity index (χ2n) is 2.04. The summed E-state index contributed by atoms with van der Waals surface area (Å²) in [5.41, 5.74) is 0. The number of ether oxygens (including phenoxy) is 5. The van der Waals surface area contributed by atoms with Crippen LogP contribution in [0.15, 0.2) is 0 Å². The first kappa shape index (κ1) is 29.3. The van der Waals surface area contributed by atoms with Gasteiger partial charge in [0.2, 0.25) is 0 Å². The van der Waals surface area contributed by atoms with E-state index in [1.807, 2.05) is 0 Å². The summed E-state index contributed by atoms with van der Waals surface area (Å²) >= 11 is 0. The molecule has 0 saturated carbocycles. The Bertz CT molecular complexity index is 25.4.